The zero-order chi connectivity index (χ0) is 13.2. The maximum Gasteiger partial charge on any atom is 0.241 e. The van der Waals surface area contributed by atoms with Gasteiger partial charge in [-0.05, 0) is 6.92 Å². The van der Waals surface area contributed by atoms with Crippen molar-refractivity contribution < 1.29 is 0 Å². The van der Waals surface area contributed by atoms with Crippen molar-refractivity contribution in [2.75, 3.05) is 10.7 Å². The van der Waals surface area contributed by atoms with Crippen LogP contribution in [0, 0.1) is 0 Å². The number of aromatic nitrogens is 5. The van der Waals surface area contributed by atoms with E-state index in [1.54, 1.807) is 23.7 Å². The Morgan fingerprint density at radius 3 is 3.05 bits per heavy atom. The molecule has 8 nitrogen and oxygen atoms in total. The van der Waals surface area contributed by atoms with Crippen molar-refractivity contribution in [3.05, 3.63) is 22.8 Å². The van der Waals surface area contributed by atoms with Gasteiger partial charge in [0.1, 0.15) is 10.8 Å². The number of hydrogen-bond acceptors (Lipinski definition) is 8. The van der Waals surface area contributed by atoms with Crippen LogP contribution in [-0.2, 0) is 0 Å². The molecular weight excluding hydrogens is 264 g/mol. The molecule has 98 valence electrons. The third-order valence-electron chi connectivity index (χ3n) is 2.61. The van der Waals surface area contributed by atoms with Crippen LogP contribution in [0.3, 0.4) is 0 Å². The zero-order valence-electron chi connectivity index (χ0n) is 10.1. The summed E-state index contributed by atoms with van der Waals surface area (Å²) in [5.74, 6) is 6.34. The van der Waals surface area contributed by atoms with Crippen molar-refractivity contribution in [3.8, 4) is 0 Å². The molecule has 5 N–H and O–H groups in total. The minimum absolute atomic E-state index is 0.0404. The van der Waals surface area contributed by atoms with Crippen LogP contribution in [0.5, 0.6) is 0 Å². The Bertz CT molecular complexity index is 676. The maximum absolute atomic E-state index is 5.36. The van der Waals surface area contributed by atoms with Crippen molar-refractivity contribution in [2.24, 2.45) is 5.84 Å². The van der Waals surface area contributed by atoms with Crippen molar-refractivity contribution >= 4 is 34.1 Å². The fourth-order valence-corrected chi connectivity index (χ4v) is 2.37. The summed E-state index contributed by atoms with van der Waals surface area (Å²) in [7, 11) is 0. The fourth-order valence-electron chi connectivity index (χ4n) is 1.72. The van der Waals surface area contributed by atoms with Gasteiger partial charge in [-0.1, -0.05) is 0 Å². The summed E-state index contributed by atoms with van der Waals surface area (Å²) >= 11 is 1.59. The van der Waals surface area contributed by atoms with E-state index in [4.69, 9.17) is 5.84 Å². The topological polar surface area (TPSA) is 117 Å². The number of nitrogen functional groups attached to an aromatic ring is 1. The molecule has 0 spiro atoms. The highest BCUT2D eigenvalue weighted by molar-refractivity contribution is 7.09. The summed E-state index contributed by atoms with van der Waals surface area (Å²) in [5.41, 5.74) is 3.06. The van der Waals surface area contributed by atoms with Crippen LogP contribution in [0.2, 0.25) is 0 Å². The van der Waals surface area contributed by atoms with E-state index in [1.807, 2.05) is 12.3 Å². The smallest absolute Gasteiger partial charge is 0.241 e. The largest absolute Gasteiger partial charge is 0.360 e. The number of hydrogen-bond donors (Lipinski definition) is 4. The van der Waals surface area contributed by atoms with Gasteiger partial charge in [0.2, 0.25) is 5.95 Å². The second-order valence-corrected chi connectivity index (χ2v) is 4.83. The molecule has 0 bridgehead atoms. The molecule has 0 saturated carbocycles. The molecule has 0 saturated heterocycles. The minimum atomic E-state index is 0.0404. The fraction of sp³-hybridized carbons (Fsp3) is 0.200. The summed E-state index contributed by atoms with van der Waals surface area (Å²) in [6.07, 6.45) is 3.45. The number of hydrazine groups is 1. The van der Waals surface area contributed by atoms with Gasteiger partial charge in [-0.2, -0.15) is 15.1 Å². The number of H-pyrrole nitrogens is 1. The summed E-state index contributed by atoms with van der Waals surface area (Å²) in [6.45, 7) is 2.02. The van der Waals surface area contributed by atoms with Gasteiger partial charge in [-0.25, -0.2) is 10.8 Å². The molecular formula is C10H12N8S. The Morgan fingerprint density at radius 1 is 1.42 bits per heavy atom. The van der Waals surface area contributed by atoms with Crippen LogP contribution < -0.4 is 16.6 Å². The molecule has 0 radical (unpaired) electrons. The minimum Gasteiger partial charge on any atom is -0.360 e. The SMILES string of the molecule is CC(Nc1nc(NN)nc2[nH]ncc12)c1nccs1. The highest BCUT2D eigenvalue weighted by Gasteiger charge is 2.13. The number of thiazole rings is 1. The molecule has 1 unspecified atom stereocenters. The van der Waals surface area contributed by atoms with Gasteiger partial charge in [-0.3, -0.25) is 10.5 Å². The lowest BCUT2D eigenvalue weighted by Crippen LogP contribution is -2.13. The van der Waals surface area contributed by atoms with Crippen LogP contribution in [0.4, 0.5) is 11.8 Å². The van der Waals surface area contributed by atoms with Crippen LogP contribution in [0.25, 0.3) is 11.0 Å². The highest BCUT2D eigenvalue weighted by atomic mass is 32.1. The Kier molecular flexibility index (Phi) is 2.97. The molecule has 0 aliphatic carbocycles. The number of nitrogens with two attached hydrogens (primary N) is 1. The number of nitrogens with one attached hydrogen (secondary N) is 3. The zero-order valence-corrected chi connectivity index (χ0v) is 10.9. The number of rotatable bonds is 4. The standard InChI is InChI=1S/C10H12N8S/c1-5(9-12-2-3-19-9)14-7-6-4-13-18-8(6)16-10(15-7)17-11/h2-5H,11H2,1H3,(H3,13,14,15,16,17,18). The van der Waals surface area contributed by atoms with Gasteiger partial charge in [0.25, 0.3) is 0 Å². The molecule has 19 heavy (non-hydrogen) atoms. The van der Waals surface area contributed by atoms with Crippen LogP contribution in [0.15, 0.2) is 17.8 Å². The molecule has 0 amide bonds. The Morgan fingerprint density at radius 2 is 2.32 bits per heavy atom. The van der Waals surface area contributed by atoms with Crippen molar-refractivity contribution in [2.45, 2.75) is 13.0 Å². The number of aromatic amines is 1. The molecule has 9 heteroatoms. The first kappa shape index (κ1) is 11.8. The lowest BCUT2D eigenvalue weighted by molar-refractivity contribution is 0.862. The molecule has 3 rings (SSSR count). The lowest BCUT2D eigenvalue weighted by atomic mass is 10.3. The van der Waals surface area contributed by atoms with E-state index in [0.29, 0.717) is 17.4 Å². The molecule has 3 heterocycles. The number of fused-ring (bicyclic) bond motifs is 1. The van der Waals surface area contributed by atoms with Gasteiger partial charge < -0.3 is 5.32 Å². The predicted octanol–water partition coefficient (Wildman–Crippen LogP) is 1.27. The summed E-state index contributed by atoms with van der Waals surface area (Å²) < 4.78 is 0. The van der Waals surface area contributed by atoms with Gasteiger partial charge in [0.05, 0.1) is 17.6 Å². The predicted molar refractivity (Wildman–Crippen MR) is 73.6 cm³/mol. The quantitative estimate of drug-likeness (QED) is 0.418. The van der Waals surface area contributed by atoms with Gasteiger partial charge in [0.15, 0.2) is 5.65 Å². The van der Waals surface area contributed by atoms with E-state index in [9.17, 15) is 0 Å². The van der Waals surface area contributed by atoms with Crippen LogP contribution in [0.1, 0.15) is 18.0 Å². The summed E-state index contributed by atoms with van der Waals surface area (Å²) in [4.78, 5) is 12.7. The third kappa shape index (κ3) is 2.20. The molecule has 3 aromatic rings. The van der Waals surface area contributed by atoms with Crippen molar-refractivity contribution in [1.82, 2.24) is 25.1 Å². The van der Waals surface area contributed by atoms with E-state index in [0.717, 1.165) is 10.4 Å². The summed E-state index contributed by atoms with van der Waals surface area (Å²) in [6, 6.07) is 0.0404. The van der Waals surface area contributed by atoms with E-state index in [-0.39, 0.29) is 6.04 Å². The molecule has 0 aliphatic rings. The third-order valence-corrected chi connectivity index (χ3v) is 3.57. The molecule has 1 atom stereocenters. The van der Waals surface area contributed by atoms with Gasteiger partial charge in [0, 0.05) is 11.6 Å². The molecule has 3 aromatic heterocycles. The average molecular weight is 276 g/mol. The lowest BCUT2D eigenvalue weighted by Gasteiger charge is -2.13. The number of anilines is 2. The first-order chi connectivity index (χ1) is 9.28. The van der Waals surface area contributed by atoms with Gasteiger partial charge in [-0.15, -0.1) is 11.3 Å². The monoisotopic (exact) mass is 276 g/mol. The Balaban J connectivity index is 1.97. The Labute approximate surface area is 112 Å². The second kappa shape index (κ2) is 4.78. The van der Waals surface area contributed by atoms with Crippen molar-refractivity contribution in [3.63, 3.8) is 0 Å². The first-order valence-corrected chi connectivity index (χ1v) is 6.49. The van der Waals surface area contributed by atoms with Crippen LogP contribution >= 0.6 is 11.3 Å². The average Bonchev–Trinajstić information content (AvgIpc) is 3.09. The maximum atomic E-state index is 5.36. The van der Waals surface area contributed by atoms with Crippen molar-refractivity contribution in [1.29, 1.82) is 0 Å². The Hall–Kier alpha value is -2.26. The molecule has 0 fully saturated rings. The van der Waals surface area contributed by atoms with E-state index in [2.05, 4.69) is 35.9 Å². The van der Waals surface area contributed by atoms with E-state index < -0.39 is 0 Å². The first-order valence-electron chi connectivity index (χ1n) is 5.61. The molecule has 0 aliphatic heterocycles. The second-order valence-electron chi connectivity index (χ2n) is 3.91. The van der Waals surface area contributed by atoms with E-state index in [1.165, 1.54) is 0 Å². The normalized spacial score (nSPS) is 12.5. The van der Waals surface area contributed by atoms with Crippen LogP contribution in [-0.4, -0.2) is 25.1 Å². The molecule has 0 aromatic carbocycles. The number of nitrogens with zero attached hydrogens (tertiary/aromatic N) is 4. The summed E-state index contributed by atoms with van der Waals surface area (Å²) in [5, 5.41) is 13.8. The van der Waals surface area contributed by atoms with Gasteiger partial charge >= 0.3 is 0 Å². The highest BCUT2D eigenvalue weighted by Crippen LogP contribution is 2.25. The van der Waals surface area contributed by atoms with E-state index >= 15 is 0 Å².